The van der Waals surface area contributed by atoms with Crippen molar-refractivity contribution in [3.05, 3.63) is 17.7 Å². The third-order valence-corrected chi connectivity index (χ3v) is 5.41. The van der Waals surface area contributed by atoms with Crippen LogP contribution < -0.4 is 10.9 Å². The number of benzene rings is 1. The molecule has 8 heteroatoms. The van der Waals surface area contributed by atoms with Crippen molar-refractivity contribution in [1.82, 2.24) is 4.90 Å². The monoisotopic (exact) mass is 343 g/mol. The van der Waals surface area contributed by atoms with Gasteiger partial charge in [0.25, 0.3) is 0 Å². The zero-order valence-corrected chi connectivity index (χ0v) is 16.4. The van der Waals surface area contributed by atoms with Crippen LogP contribution in [0.3, 0.4) is 0 Å². The number of nitrogens with zero attached hydrogens (tertiary/aromatic N) is 1. The number of aliphatic hydroxyl groups is 1. The molecule has 1 aliphatic rings. The molecule has 0 saturated heterocycles. The van der Waals surface area contributed by atoms with Gasteiger partial charge < -0.3 is 15.1 Å². The lowest BCUT2D eigenvalue weighted by Gasteiger charge is -2.60. The van der Waals surface area contributed by atoms with Crippen LogP contribution in [-0.4, -0.2) is 79.4 Å². The summed E-state index contributed by atoms with van der Waals surface area (Å²) in [5.41, 5.74) is -0.796. The number of hydrogen-bond donors (Lipinski definition) is 2. The molecule has 1 atom stereocenters. The summed E-state index contributed by atoms with van der Waals surface area (Å²) >= 11 is 0. The quantitative estimate of drug-likeness (QED) is 0.733. The van der Waals surface area contributed by atoms with Crippen molar-refractivity contribution >= 4 is 50.2 Å². The smallest absolute Gasteiger partial charge is 0.118 e. The van der Waals surface area contributed by atoms with Crippen LogP contribution in [0, 0.1) is 0 Å². The van der Waals surface area contributed by atoms with E-state index in [1.54, 1.807) is 19.0 Å². The Labute approximate surface area is 165 Å². The third kappa shape index (κ3) is 3.78. The first-order valence-corrected chi connectivity index (χ1v) is 9.12. The van der Waals surface area contributed by atoms with E-state index in [0.717, 1.165) is 19.3 Å². The van der Waals surface area contributed by atoms with Gasteiger partial charge in [0, 0.05) is 0 Å². The van der Waals surface area contributed by atoms with E-state index >= 15 is 0 Å². The summed E-state index contributed by atoms with van der Waals surface area (Å²) < 4.78 is 0. The fourth-order valence-corrected chi connectivity index (χ4v) is 3.66. The first kappa shape index (κ1) is 23.3. The Kier molecular flexibility index (Phi) is 7.64. The molecule has 1 fully saturated rings. The Morgan fingerprint density at radius 2 is 1.38 bits per heavy atom. The van der Waals surface area contributed by atoms with Crippen molar-refractivity contribution < 1.29 is 10.2 Å². The number of aromatic hydroxyl groups is 1. The average molecular weight is 342 g/mol. The maximum absolute atomic E-state index is 11.4. The summed E-state index contributed by atoms with van der Waals surface area (Å²) in [5.74, 6) is -0.221. The van der Waals surface area contributed by atoms with Gasteiger partial charge in [-0.05, 0) is 43.2 Å². The zero-order valence-electron chi connectivity index (χ0n) is 16.4. The van der Waals surface area contributed by atoms with Crippen LogP contribution in [0.15, 0.2) is 12.1 Å². The lowest BCUT2D eigenvalue weighted by atomic mass is 9.33. The minimum absolute atomic E-state index is 0.0637. The molecule has 2 N–H and O–H groups in total. The van der Waals surface area contributed by atoms with Gasteiger partial charge in [-0.25, -0.2) is 0 Å². The van der Waals surface area contributed by atoms with Gasteiger partial charge in [-0.15, -0.1) is 0 Å². The van der Waals surface area contributed by atoms with Gasteiger partial charge in [-0.2, -0.15) is 0 Å². The minimum atomic E-state index is -1.57. The Balaban J connectivity index is 0.00000163. The molecule has 0 amide bonds. The van der Waals surface area contributed by atoms with Crippen molar-refractivity contribution in [3.63, 3.8) is 0 Å². The SMILES string of the molecule is CC.[B]c1cc(C([B])(C2(O)CCCCC2)C([B])([B])N(C)C)cc([B])c1O. The van der Waals surface area contributed by atoms with Crippen LogP contribution in [0.2, 0.25) is 0 Å². The van der Waals surface area contributed by atoms with E-state index in [-0.39, 0.29) is 16.7 Å². The van der Waals surface area contributed by atoms with E-state index in [0.29, 0.717) is 18.4 Å². The maximum atomic E-state index is 11.4. The molecular weight excluding hydrogens is 316 g/mol. The molecule has 0 spiro atoms. The number of phenols is 1. The number of rotatable bonds is 4. The second kappa shape index (κ2) is 8.52. The normalized spacial score (nSPS) is 19.3. The summed E-state index contributed by atoms with van der Waals surface area (Å²) in [7, 11) is 34.6. The summed E-state index contributed by atoms with van der Waals surface area (Å²) in [4.78, 5) is 1.57. The fraction of sp³-hybridized carbons (Fsp3) is 0.667. The molecule has 0 heterocycles. The molecule has 2 rings (SSSR count). The number of phenolic OH excluding ortho intramolecular Hbond substituents is 1. The third-order valence-electron chi connectivity index (χ3n) is 5.41. The van der Waals surface area contributed by atoms with Crippen LogP contribution in [0.4, 0.5) is 0 Å². The largest absolute Gasteiger partial charge is 0.509 e. The van der Waals surface area contributed by atoms with Crippen LogP contribution in [0.25, 0.3) is 0 Å². The topological polar surface area (TPSA) is 43.7 Å². The summed E-state index contributed by atoms with van der Waals surface area (Å²) in [6.45, 7) is 4.00. The first-order valence-electron chi connectivity index (χ1n) is 9.12. The predicted octanol–water partition coefficient (Wildman–Crippen LogP) is -0.383. The van der Waals surface area contributed by atoms with Crippen LogP contribution in [-0.2, 0) is 5.31 Å². The van der Waals surface area contributed by atoms with Crippen molar-refractivity contribution in [2.75, 3.05) is 14.1 Å². The van der Waals surface area contributed by atoms with Crippen LogP contribution in [0.1, 0.15) is 51.5 Å². The van der Waals surface area contributed by atoms with E-state index in [2.05, 4.69) is 0 Å². The highest BCUT2D eigenvalue weighted by Crippen LogP contribution is 2.48. The highest BCUT2D eigenvalue weighted by Gasteiger charge is 2.55. The van der Waals surface area contributed by atoms with Crippen molar-refractivity contribution in [3.8, 4) is 5.75 Å². The molecule has 3 nitrogen and oxygen atoms in total. The van der Waals surface area contributed by atoms with Crippen molar-refractivity contribution in [2.24, 2.45) is 0 Å². The molecule has 1 unspecified atom stereocenters. The molecule has 130 valence electrons. The van der Waals surface area contributed by atoms with Crippen molar-refractivity contribution in [2.45, 2.75) is 62.2 Å². The summed E-state index contributed by atoms with van der Waals surface area (Å²) in [6, 6.07) is 2.96. The van der Waals surface area contributed by atoms with Gasteiger partial charge in [-0.3, -0.25) is 0 Å². The van der Waals surface area contributed by atoms with E-state index in [9.17, 15) is 10.2 Å². The Morgan fingerprint density at radius 3 is 1.77 bits per heavy atom. The molecule has 10 radical (unpaired) electrons. The molecule has 1 aromatic rings. The van der Waals surface area contributed by atoms with Gasteiger partial charge >= 0.3 is 0 Å². The highest BCUT2D eigenvalue weighted by atomic mass is 16.3. The molecule has 0 aromatic heterocycles. The molecule has 1 aromatic carbocycles. The molecule has 0 bridgehead atoms. The highest BCUT2D eigenvalue weighted by molar-refractivity contribution is 6.46. The van der Waals surface area contributed by atoms with E-state index < -0.39 is 16.3 Å². The zero-order chi connectivity index (χ0) is 20.3. The van der Waals surface area contributed by atoms with E-state index in [1.165, 1.54) is 12.1 Å². The maximum Gasteiger partial charge on any atom is 0.118 e. The Bertz CT molecular complexity index is 595. The molecule has 1 aliphatic carbocycles. The Hall–Kier alpha value is -0.735. The fourth-order valence-electron chi connectivity index (χ4n) is 3.66. The number of hydrogen-bond acceptors (Lipinski definition) is 3. The minimum Gasteiger partial charge on any atom is -0.509 e. The summed E-state index contributed by atoms with van der Waals surface area (Å²) in [5, 5.41) is 18.2. The van der Waals surface area contributed by atoms with Gasteiger partial charge in [0.15, 0.2) is 0 Å². The second-order valence-electron chi connectivity index (χ2n) is 7.12. The molecule has 0 aliphatic heterocycles. The van der Waals surface area contributed by atoms with Gasteiger partial charge in [0.2, 0.25) is 0 Å². The standard InChI is InChI=1S/C16H20B5NO2.C2H6/c1-22(2)16(20,21)15(19,14(24)6-4-3-5-7-14)10-8-11(17)13(23)12(18)9-10;1-2/h8-9,23-24H,3-7H2,1-2H3;1-2H3. The van der Waals surface area contributed by atoms with Gasteiger partial charge in [0.05, 0.1) is 29.1 Å². The van der Waals surface area contributed by atoms with Gasteiger partial charge in [-0.1, -0.05) is 56.2 Å². The average Bonchev–Trinajstić information content (AvgIpc) is 2.60. The molecular formula is C18H26B5NO2. The van der Waals surface area contributed by atoms with Crippen molar-refractivity contribution in [1.29, 1.82) is 0 Å². The molecule has 26 heavy (non-hydrogen) atoms. The van der Waals surface area contributed by atoms with E-state index in [1.807, 2.05) is 13.8 Å². The molecule has 1 saturated carbocycles. The lowest BCUT2D eigenvalue weighted by molar-refractivity contribution is -0.0575. The predicted molar refractivity (Wildman–Crippen MR) is 114 cm³/mol. The van der Waals surface area contributed by atoms with Crippen LogP contribution >= 0.6 is 0 Å². The van der Waals surface area contributed by atoms with Crippen LogP contribution in [0.5, 0.6) is 5.75 Å². The van der Waals surface area contributed by atoms with Gasteiger partial charge in [0.1, 0.15) is 21.4 Å². The lowest BCUT2D eigenvalue weighted by Crippen LogP contribution is -2.72. The first-order chi connectivity index (χ1) is 12.0. The summed E-state index contributed by atoms with van der Waals surface area (Å²) in [6.07, 6.45) is 3.59. The van der Waals surface area contributed by atoms with E-state index in [4.69, 9.17) is 39.2 Å². The number of likely N-dealkylation sites (N-methyl/N-ethyl adjacent to an activating group) is 1. The second-order valence-corrected chi connectivity index (χ2v) is 7.12. The Morgan fingerprint density at radius 1 is 0.962 bits per heavy atom.